The van der Waals surface area contributed by atoms with Crippen molar-refractivity contribution in [2.45, 2.75) is 25.8 Å². The summed E-state index contributed by atoms with van der Waals surface area (Å²) < 4.78 is 0. The standard InChI is InChI=1S/C16H17N.C2H6.U/c1-2-15(17)16(13-9-5-3-6-10-13)14-11-7-4-8-12-14;1-2;/h2-12,15-16H,1,17H2;1-2H3;/t15-;;/m1../s1. The summed E-state index contributed by atoms with van der Waals surface area (Å²) in [5.41, 5.74) is 8.62. The molecule has 0 aliphatic heterocycles. The molecule has 0 radical (unpaired) electrons. The van der Waals surface area contributed by atoms with Gasteiger partial charge in [0.15, 0.2) is 0 Å². The van der Waals surface area contributed by atoms with E-state index in [9.17, 15) is 0 Å². The Labute approximate surface area is 146 Å². The first-order chi connectivity index (χ1) is 9.33. The number of hydrogen-bond acceptors (Lipinski definition) is 1. The van der Waals surface area contributed by atoms with E-state index in [-0.39, 0.29) is 43.1 Å². The zero-order chi connectivity index (χ0) is 14.1. The molecule has 0 amide bonds. The van der Waals surface area contributed by atoms with Crippen LogP contribution in [0.1, 0.15) is 30.9 Å². The van der Waals surface area contributed by atoms with Crippen LogP contribution in [0.2, 0.25) is 0 Å². The maximum absolute atomic E-state index is 6.16. The van der Waals surface area contributed by atoms with Gasteiger partial charge in [0, 0.05) is 43.1 Å². The fourth-order valence-electron chi connectivity index (χ4n) is 2.09. The summed E-state index contributed by atoms with van der Waals surface area (Å²) in [6.07, 6.45) is 1.81. The number of hydrogen-bond donors (Lipinski definition) is 1. The summed E-state index contributed by atoms with van der Waals surface area (Å²) in [6.45, 7) is 7.81. The van der Waals surface area contributed by atoms with Crippen molar-refractivity contribution < 1.29 is 31.1 Å². The Kier molecular flexibility index (Phi) is 10.5. The van der Waals surface area contributed by atoms with Crippen molar-refractivity contribution in [2.75, 3.05) is 0 Å². The van der Waals surface area contributed by atoms with Crippen molar-refractivity contribution in [1.82, 2.24) is 0 Å². The summed E-state index contributed by atoms with van der Waals surface area (Å²) in [5, 5.41) is 0. The largest absolute Gasteiger partial charge is 0.324 e. The predicted molar refractivity (Wildman–Crippen MR) is 84.2 cm³/mol. The third-order valence-corrected chi connectivity index (χ3v) is 2.97. The van der Waals surface area contributed by atoms with Gasteiger partial charge in [0.2, 0.25) is 0 Å². The van der Waals surface area contributed by atoms with Gasteiger partial charge in [0.25, 0.3) is 0 Å². The van der Waals surface area contributed by atoms with Crippen LogP contribution in [0.3, 0.4) is 0 Å². The molecule has 1 atom stereocenters. The number of benzene rings is 2. The molecular weight excluding hydrogens is 468 g/mol. The Morgan fingerprint density at radius 2 is 1.20 bits per heavy atom. The molecule has 2 aromatic carbocycles. The normalized spacial score (nSPS) is 10.8. The summed E-state index contributed by atoms with van der Waals surface area (Å²) in [5.74, 6) is 0.176. The van der Waals surface area contributed by atoms with Crippen LogP contribution < -0.4 is 5.73 Å². The summed E-state index contributed by atoms with van der Waals surface area (Å²) in [7, 11) is 0. The fraction of sp³-hybridized carbons (Fsp3) is 0.222. The molecule has 0 fully saturated rings. The number of rotatable bonds is 4. The topological polar surface area (TPSA) is 26.0 Å². The van der Waals surface area contributed by atoms with Gasteiger partial charge in [-0.2, -0.15) is 0 Å². The number of nitrogens with two attached hydrogens (primary N) is 1. The molecule has 0 saturated carbocycles. The Morgan fingerprint density at radius 3 is 1.50 bits per heavy atom. The Morgan fingerprint density at radius 1 is 0.850 bits per heavy atom. The fourth-order valence-corrected chi connectivity index (χ4v) is 2.09. The van der Waals surface area contributed by atoms with Crippen LogP contribution in [0.5, 0.6) is 0 Å². The molecule has 2 aromatic rings. The Balaban J connectivity index is 0.00000115. The Bertz CT molecular complexity index is 428. The molecule has 2 heteroatoms. The summed E-state index contributed by atoms with van der Waals surface area (Å²) >= 11 is 0. The average Bonchev–Trinajstić information content (AvgIpc) is 2.51. The van der Waals surface area contributed by atoms with Crippen LogP contribution in [-0.2, 0) is 0 Å². The van der Waals surface area contributed by atoms with Crippen LogP contribution in [0, 0.1) is 31.1 Å². The monoisotopic (exact) mass is 491 g/mol. The van der Waals surface area contributed by atoms with Crippen molar-refractivity contribution in [3.63, 3.8) is 0 Å². The molecule has 20 heavy (non-hydrogen) atoms. The Hall–Kier alpha value is -0.808. The molecule has 104 valence electrons. The van der Waals surface area contributed by atoms with E-state index in [0.717, 1.165) is 0 Å². The first-order valence-electron chi connectivity index (χ1n) is 6.81. The van der Waals surface area contributed by atoms with E-state index in [4.69, 9.17) is 5.73 Å². The molecule has 0 aliphatic rings. The van der Waals surface area contributed by atoms with Crippen molar-refractivity contribution in [3.05, 3.63) is 84.4 Å². The zero-order valence-electron chi connectivity index (χ0n) is 12.3. The van der Waals surface area contributed by atoms with E-state index in [0.29, 0.717) is 0 Å². The van der Waals surface area contributed by atoms with Crippen molar-refractivity contribution in [3.8, 4) is 0 Å². The minimum atomic E-state index is -0.0696. The zero-order valence-corrected chi connectivity index (χ0v) is 16.5. The first-order valence-corrected chi connectivity index (χ1v) is 6.81. The van der Waals surface area contributed by atoms with Gasteiger partial charge in [0.1, 0.15) is 0 Å². The second-order valence-corrected chi connectivity index (χ2v) is 4.11. The molecule has 2 rings (SSSR count). The van der Waals surface area contributed by atoms with Gasteiger partial charge in [-0.25, -0.2) is 0 Å². The molecule has 0 saturated heterocycles. The van der Waals surface area contributed by atoms with E-state index in [1.165, 1.54) is 11.1 Å². The van der Waals surface area contributed by atoms with E-state index in [2.05, 4.69) is 30.8 Å². The molecule has 0 aromatic heterocycles. The van der Waals surface area contributed by atoms with Crippen LogP contribution >= 0.6 is 0 Å². The minimum absolute atomic E-state index is 0. The van der Waals surface area contributed by atoms with Gasteiger partial charge in [-0.1, -0.05) is 80.6 Å². The summed E-state index contributed by atoms with van der Waals surface area (Å²) in [6, 6.07) is 20.6. The van der Waals surface area contributed by atoms with Crippen molar-refractivity contribution >= 4 is 0 Å². The molecule has 0 aliphatic carbocycles. The van der Waals surface area contributed by atoms with Gasteiger partial charge in [-0.05, 0) is 11.1 Å². The maximum atomic E-state index is 6.16. The molecular formula is C18H23NU. The van der Waals surface area contributed by atoms with Gasteiger partial charge >= 0.3 is 0 Å². The average molecular weight is 491 g/mol. The van der Waals surface area contributed by atoms with E-state index in [1.807, 2.05) is 56.3 Å². The van der Waals surface area contributed by atoms with Gasteiger partial charge in [0.05, 0.1) is 0 Å². The third kappa shape index (κ3) is 5.29. The first kappa shape index (κ1) is 19.2. The molecule has 0 heterocycles. The van der Waals surface area contributed by atoms with E-state index < -0.39 is 0 Å². The van der Waals surface area contributed by atoms with E-state index >= 15 is 0 Å². The van der Waals surface area contributed by atoms with Gasteiger partial charge < -0.3 is 5.73 Å². The van der Waals surface area contributed by atoms with Crippen molar-refractivity contribution in [2.24, 2.45) is 5.73 Å². The third-order valence-electron chi connectivity index (χ3n) is 2.97. The predicted octanol–water partition coefficient (Wildman–Crippen LogP) is 4.36. The van der Waals surface area contributed by atoms with Crippen LogP contribution in [-0.4, -0.2) is 6.04 Å². The molecule has 1 nitrogen and oxygen atoms in total. The van der Waals surface area contributed by atoms with Crippen molar-refractivity contribution in [1.29, 1.82) is 0 Å². The van der Waals surface area contributed by atoms with Gasteiger partial charge in [-0.15, -0.1) is 6.58 Å². The summed E-state index contributed by atoms with van der Waals surface area (Å²) in [4.78, 5) is 0. The smallest absolute Gasteiger partial charge is 0.0332 e. The second-order valence-electron chi connectivity index (χ2n) is 4.11. The maximum Gasteiger partial charge on any atom is 0.0332 e. The quantitative estimate of drug-likeness (QED) is 0.633. The van der Waals surface area contributed by atoms with Crippen LogP contribution in [0.25, 0.3) is 0 Å². The SMILES string of the molecule is C=C[C@@H](N)C(c1ccccc1)c1ccccc1.CC.[U]. The molecule has 0 spiro atoms. The molecule has 0 unspecified atom stereocenters. The minimum Gasteiger partial charge on any atom is -0.324 e. The van der Waals surface area contributed by atoms with E-state index in [1.54, 1.807) is 0 Å². The second kappa shape index (κ2) is 10.9. The molecule has 0 bridgehead atoms. The van der Waals surface area contributed by atoms with Gasteiger partial charge in [-0.3, -0.25) is 0 Å². The van der Waals surface area contributed by atoms with Crippen LogP contribution in [0.4, 0.5) is 0 Å². The molecule has 2 N–H and O–H groups in total. The van der Waals surface area contributed by atoms with Crippen LogP contribution in [0.15, 0.2) is 73.3 Å².